The van der Waals surface area contributed by atoms with E-state index in [2.05, 4.69) is 20.5 Å². The first-order valence-corrected chi connectivity index (χ1v) is 9.11. The molecule has 0 aliphatic heterocycles. The molecular weight excluding hydrogens is 367 g/mol. The van der Waals surface area contributed by atoms with E-state index in [9.17, 15) is 9.18 Å². The third-order valence-electron chi connectivity index (χ3n) is 3.98. The SMILES string of the molecule is C[C@H](Sc1nnc(-c2c[nH]c3ccccc23)o1)C(=O)Nc1ccc(F)cc1. The van der Waals surface area contributed by atoms with Gasteiger partial charge in [-0.25, -0.2) is 4.39 Å². The number of carbonyl (C=O) groups is 1. The van der Waals surface area contributed by atoms with Gasteiger partial charge < -0.3 is 14.7 Å². The number of anilines is 1. The van der Waals surface area contributed by atoms with E-state index in [0.29, 0.717) is 16.8 Å². The van der Waals surface area contributed by atoms with Crippen LogP contribution in [-0.4, -0.2) is 26.3 Å². The summed E-state index contributed by atoms with van der Waals surface area (Å²) in [6.45, 7) is 1.74. The Labute approximate surface area is 158 Å². The number of rotatable bonds is 5. The molecule has 27 heavy (non-hydrogen) atoms. The van der Waals surface area contributed by atoms with Gasteiger partial charge >= 0.3 is 0 Å². The van der Waals surface area contributed by atoms with Crippen LogP contribution >= 0.6 is 11.8 Å². The normalized spacial score (nSPS) is 12.2. The maximum atomic E-state index is 12.9. The first-order valence-electron chi connectivity index (χ1n) is 8.23. The summed E-state index contributed by atoms with van der Waals surface area (Å²) in [5.41, 5.74) is 2.32. The lowest BCUT2D eigenvalue weighted by Gasteiger charge is -2.09. The molecule has 1 amide bonds. The number of benzene rings is 2. The molecule has 6 nitrogen and oxygen atoms in total. The fourth-order valence-electron chi connectivity index (χ4n) is 2.60. The summed E-state index contributed by atoms with van der Waals surface area (Å²) in [7, 11) is 0. The molecule has 2 heterocycles. The number of nitrogens with one attached hydrogen (secondary N) is 2. The van der Waals surface area contributed by atoms with Crippen molar-refractivity contribution in [2.45, 2.75) is 17.4 Å². The van der Waals surface area contributed by atoms with Crippen LogP contribution in [0.5, 0.6) is 0 Å². The van der Waals surface area contributed by atoms with Crippen molar-refractivity contribution in [2.24, 2.45) is 0 Å². The lowest BCUT2D eigenvalue weighted by molar-refractivity contribution is -0.115. The molecule has 0 unspecified atom stereocenters. The summed E-state index contributed by atoms with van der Waals surface area (Å²) in [6.07, 6.45) is 1.82. The zero-order valence-electron chi connectivity index (χ0n) is 14.3. The van der Waals surface area contributed by atoms with Crippen molar-refractivity contribution in [3.05, 3.63) is 60.5 Å². The van der Waals surface area contributed by atoms with Crippen molar-refractivity contribution in [1.29, 1.82) is 0 Å². The molecular formula is C19H15FN4O2S. The summed E-state index contributed by atoms with van der Waals surface area (Å²) in [5, 5.41) is 11.7. The summed E-state index contributed by atoms with van der Waals surface area (Å²) < 4.78 is 18.7. The monoisotopic (exact) mass is 382 g/mol. The minimum Gasteiger partial charge on any atom is -0.411 e. The van der Waals surface area contributed by atoms with Gasteiger partial charge in [0.1, 0.15) is 5.82 Å². The topological polar surface area (TPSA) is 83.8 Å². The summed E-state index contributed by atoms with van der Waals surface area (Å²) >= 11 is 1.16. The number of aromatic nitrogens is 3. The van der Waals surface area contributed by atoms with Crippen LogP contribution in [0.25, 0.3) is 22.4 Å². The van der Waals surface area contributed by atoms with Crippen LogP contribution in [0.2, 0.25) is 0 Å². The van der Waals surface area contributed by atoms with Crippen molar-refractivity contribution in [1.82, 2.24) is 15.2 Å². The molecule has 136 valence electrons. The van der Waals surface area contributed by atoms with Gasteiger partial charge in [0.2, 0.25) is 5.91 Å². The molecule has 0 spiro atoms. The van der Waals surface area contributed by atoms with Gasteiger partial charge in [-0.2, -0.15) is 0 Å². The summed E-state index contributed by atoms with van der Waals surface area (Å²) in [4.78, 5) is 15.5. The van der Waals surface area contributed by atoms with Gasteiger partial charge in [-0.1, -0.05) is 30.0 Å². The third-order valence-corrected chi connectivity index (χ3v) is 4.92. The molecule has 0 aliphatic rings. The average molecular weight is 382 g/mol. The number of para-hydroxylation sites is 1. The van der Waals surface area contributed by atoms with Crippen LogP contribution in [0.15, 0.2) is 64.4 Å². The van der Waals surface area contributed by atoms with E-state index in [0.717, 1.165) is 28.2 Å². The molecule has 4 rings (SSSR count). The van der Waals surface area contributed by atoms with Crippen molar-refractivity contribution >= 4 is 34.3 Å². The van der Waals surface area contributed by atoms with Crippen molar-refractivity contribution in [3.63, 3.8) is 0 Å². The molecule has 0 fully saturated rings. The van der Waals surface area contributed by atoms with Gasteiger partial charge in [0.15, 0.2) is 0 Å². The molecule has 2 N–H and O–H groups in total. The van der Waals surface area contributed by atoms with E-state index < -0.39 is 5.25 Å². The van der Waals surface area contributed by atoms with E-state index in [4.69, 9.17) is 4.42 Å². The Morgan fingerprint density at radius 1 is 1.19 bits per heavy atom. The highest BCUT2D eigenvalue weighted by atomic mass is 32.2. The highest BCUT2D eigenvalue weighted by molar-refractivity contribution is 8.00. The Morgan fingerprint density at radius 3 is 2.78 bits per heavy atom. The molecule has 0 saturated carbocycles. The van der Waals surface area contributed by atoms with Crippen LogP contribution in [-0.2, 0) is 4.79 Å². The van der Waals surface area contributed by atoms with Crippen LogP contribution in [0.4, 0.5) is 10.1 Å². The van der Waals surface area contributed by atoms with Gasteiger partial charge in [0.25, 0.3) is 11.1 Å². The quantitative estimate of drug-likeness (QED) is 0.497. The lowest BCUT2D eigenvalue weighted by Crippen LogP contribution is -2.22. The van der Waals surface area contributed by atoms with E-state index >= 15 is 0 Å². The highest BCUT2D eigenvalue weighted by Crippen LogP contribution is 2.30. The first kappa shape index (κ1) is 17.3. The predicted octanol–water partition coefficient (Wildman–Crippen LogP) is 4.48. The minimum atomic E-state index is -0.466. The highest BCUT2D eigenvalue weighted by Gasteiger charge is 2.20. The van der Waals surface area contributed by atoms with E-state index in [-0.39, 0.29) is 11.7 Å². The second-order valence-corrected chi connectivity index (χ2v) is 7.17. The molecule has 0 radical (unpaired) electrons. The molecule has 0 aliphatic carbocycles. The van der Waals surface area contributed by atoms with Crippen molar-refractivity contribution in [3.8, 4) is 11.5 Å². The number of thioether (sulfide) groups is 1. The van der Waals surface area contributed by atoms with Crippen LogP contribution < -0.4 is 5.32 Å². The number of halogens is 1. The Kier molecular flexibility index (Phi) is 4.64. The minimum absolute atomic E-state index is 0.238. The van der Waals surface area contributed by atoms with E-state index in [1.54, 1.807) is 6.92 Å². The van der Waals surface area contributed by atoms with Gasteiger partial charge in [-0.05, 0) is 37.3 Å². The Bertz CT molecular complexity index is 1090. The zero-order valence-corrected chi connectivity index (χ0v) is 15.1. The number of carbonyl (C=O) groups excluding carboxylic acids is 1. The van der Waals surface area contributed by atoms with Gasteiger partial charge in [0.05, 0.1) is 10.8 Å². The molecule has 0 bridgehead atoms. The number of fused-ring (bicyclic) bond motifs is 1. The van der Waals surface area contributed by atoms with Crippen LogP contribution in [0.1, 0.15) is 6.92 Å². The smallest absolute Gasteiger partial charge is 0.277 e. The average Bonchev–Trinajstić information content (AvgIpc) is 3.30. The predicted molar refractivity (Wildman–Crippen MR) is 102 cm³/mol. The lowest BCUT2D eigenvalue weighted by atomic mass is 10.2. The standard InChI is InChI=1S/C19H15FN4O2S/c1-11(17(25)22-13-8-6-12(20)7-9-13)27-19-24-23-18(26-19)15-10-21-16-5-3-2-4-14(15)16/h2-11,21H,1H3,(H,22,25)/t11-/m0/s1. The molecule has 4 aromatic rings. The Balaban J connectivity index is 1.45. The number of aromatic amines is 1. The number of hydrogen-bond acceptors (Lipinski definition) is 5. The second-order valence-electron chi connectivity index (χ2n) is 5.88. The molecule has 1 atom stereocenters. The third kappa shape index (κ3) is 3.70. The van der Waals surface area contributed by atoms with Crippen molar-refractivity contribution < 1.29 is 13.6 Å². The summed E-state index contributed by atoms with van der Waals surface area (Å²) in [6, 6.07) is 13.4. The van der Waals surface area contributed by atoms with Gasteiger partial charge in [-0.3, -0.25) is 4.79 Å². The maximum Gasteiger partial charge on any atom is 0.277 e. The molecule has 2 aromatic heterocycles. The van der Waals surface area contributed by atoms with Crippen LogP contribution in [0, 0.1) is 5.82 Å². The van der Waals surface area contributed by atoms with Gasteiger partial charge in [-0.15, -0.1) is 10.2 Å². The second kappa shape index (κ2) is 7.24. The molecule has 8 heteroatoms. The van der Waals surface area contributed by atoms with Crippen molar-refractivity contribution in [2.75, 3.05) is 5.32 Å². The first-order chi connectivity index (χ1) is 13.1. The van der Waals surface area contributed by atoms with E-state index in [1.165, 1.54) is 24.3 Å². The largest absolute Gasteiger partial charge is 0.411 e. The summed E-state index contributed by atoms with van der Waals surface area (Å²) in [5.74, 6) is -0.203. The number of hydrogen-bond donors (Lipinski definition) is 2. The Hall–Kier alpha value is -3.13. The number of H-pyrrole nitrogens is 1. The Morgan fingerprint density at radius 2 is 1.96 bits per heavy atom. The fraction of sp³-hybridized carbons (Fsp3) is 0.105. The fourth-order valence-corrected chi connectivity index (χ4v) is 3.28. The number of amides is 1. The molecule has 2 aromatic carbocycles. The molecule has 0 saturated heterocycles. The zero-order chi connectivity index (χ0) is 18.8. The van der Waals surface area contributed by atoms with Crippen LogP contribution in [0.3, 0.4) is 0 Å². The van der Waals surface area contributed by atoms with E-state index in [1.807, 2.05) is 30.5 Å². The maximum absolute atomic E-state index is 12.9. The number of nitrogens with zero attached hydrogens (tertiary/aromatic N) is 2. The van der Waals surface area contributed by atoms with Gasteiger partial charge in [0, 0.05) is 22.8 Å².